The number of alkyl halides is 2. The van der Waals surface area contributed by atoms with Crippen LogP contribution < -0.4 is 0 Å². The van der Waals surface area contributed by atoms with Crippen molar-refractivity contribution in [3.8, 4) is 0 Å². The molecule has 0 atom stereocenters. The van der Waals surface area contributed by atoms with E-state index < -0.39 is 5.92 Å². The second-order valence-electron chi connectivity index (χ2n) is 3.29. The number of carboxylic acid groups (broad SMARTS) is 1. The lowest BCUT2D eigenvalue weighted by molar-refractivity contribution is -0.122. The van der Waals surface area contributed by atoms with Crippen LogP contribution >= 0.6 is 11.6 Å². The van der Waals surface area contributed by atoms with Crippen LogP contribution in [0.15, 0.2) is 28.7 Å². The molecule has 1 N–H and O–H groups in total. The molecule has 0 unspecified atom stereocenters. The molecular formula is C11H9ClF2O3. The van der Waals surface area contributed by atoms with Crippen LogP contribution in [0.25, 0.3) is 11.0 Å². The summed E-state index contributed by atoms with van der Waals surface area (Å²) in [4.78, 5) is 8.36. The van der Waals surface area contributed by atoms with E-state index >= 15 is 0 Å². The summed E-state index contributed by atoms with van der Waals surface area (Å²) in [6.45, 7) is 0.548. The fourth-order valence-electron chi connectivity index (χ4n) is 1.23. The van der Waals surface area contributed by atoms with Gasteiger partial charge in [-0.3, -0.25) is 4.79 Å². The summed E-state index contributed by atoms with van der Waals surface area (Å²) >= 11 is 5.71. The predicted molar refractivity (Wildman–Crippen MR) is 59.5 cm³/mol. The van der Waals surface area contributed by atoms with Crippen LogP contribution in [-0.2, 0) is 10.7 Å². The fraction of sp³-hybridized carbons (Fsp3) is 0.182. The smallest absolute Gasteiger partial charge is 0.301 e. The maximum absolute atomic E-state index is 12.9. The van der Waals surface area contributed by atoms with E-state index in [4.69, 9.17) is 25.9 Å². The average molecular weight is 263 g/mol. The Labute approximate surface area is 101 Å². The number of halogens is 3. The molecule has 1 aromatic heterocycles. The number of fused-ring (bicyclic) bond motifs is 1. The lowest BCUT2D eigenvalue weighted by Gasteiger charge is -2.03. The molecule has 0 fully saturated rings. The molecule has 0 amide bonds. The van der Waals surface area contributed by atoms with Crippen molar-refractivity contribution < 1.29 is 23.1 Å². The van der Waals surface area contributed by atoms with Gasteiger partial charge < -0.3 is 9.52 Å². The summed E-state index contributed by atoms with van der Waals surface area (Å²) in [5, 5.41) is 7.98. The molecular weight excluding hydrogens is 254 g/mol. The summed E-state index contributed by atoms with van der Waals surface area (Å²) < 4.78 is 30.7. The van der Waals surface area contributed by atoms with Crippen LogP contribution in [0.3, 0.4) is 0 Å². The van der Waals surface area contributed by atoms with Crippen molar-refractivity contribution in [1.29, 1.82) is 0 Å². The Bertz CT molecular complexity index is 517. The first-order valence-electron chi connectivity index (χ1n) is 4.53. The summed E-state index contributed by atoms with van der Waals surface area (Å²) in [6.07, 6.45) is 0. The molecule has 0 spiro atoms. The van der Waals surface area contributed by atoms with E-state index in [0.717, 1.165) is 6.92 Å². The number of hydrogen-bond acceptors (Lipinski definition) is 2. The highest BCUT2D eigenvalue weighted by molar-refractivity contribution is 6.31. The van der Waals surface area contributed by atoms with Crippen LogP contribution in [0, 0.1) is 0 Å². The van der Waals surface area contributed by atoms with Gasteiger partial charge >= 0.3 is 5.92 Å². The Morgan fingerprint density at radius 2 is 2.00 bits per heavy atom. The third kappa shape index (κ3) is 3.42. The molecule has 6 heteroatoms. The normalized spacial score (nSPS) is 10.8. The SMILES string of the molecule is CC(F)(F)c1cc2cc(Cl)ccc2o1.O=CO. The number of furan rings is 1. The topological polar surface area (TPSA) is 50.4 Å². The molecule has 0 bridgehead atoms. The summed E-state index contributed by atoms with van der Waals surface area (Å²) in [5.41, 5.74) is 0.422. The third-order valence-electron chi connectivity index (χ3n) is 1.91. The van der Waals surface area contributed by atoms with Gasteiger partial charge in [0.1, 0.15) is 5.58 Å². The van der Waals surface area contributed by atoms with Crippen molar-refractivity contribution in [2.45, 2.75) is 12.8 Å². The van der Waals surface area contributed by atoms with Gasteiger partial charge in [0.25, 0.3) is 6.47 Å². The zero-order valence-corrected chi connectivity index (χ0v) is 9.54. The van der Waals surface area contributed by atoms with Crippen molar-refractivity contribution in [3.63, 3.8) is 0 Å². The van der Waals surface area contributed by atoms with E-state index in [1.807, 2.05) is 0 Å². The minimum Gasteiger partial charge on any atom is -0.483 e. The molecule has 0 saturated heterocycles. The minimum atomic E-state index is -2.95. The van der Waals surface area contributed by atoms with Gasteiger partial charge in [-0.05, 0) is 24.3 Å². The van der Waals surface area contributed by atoms with Crippen LogP contribution in [0.1, 0.15) is 12.7 Å². The lowest BCUT2D eigenvalue weighted by Crippen LogP contribution is -2.04. The quantitative estimate of drug-likeness (QED) is 0.793. The molecule has 0 aliphatic rings. The highest BCUT2D eigenvalue weighted by atomic mass is 35.5. The van der Waals surface area contributed by atoms with E-state index in [1.54, 1.807) is 18.2 Å². The van der Waals surface area contributed by atoms with Crippen LogP contribution in [0.2, 0.25) is 5.02 Å². The van der Waals surface area contributed by atoms with Crippen LogP contribution in [0.5, 0.6) is 0 Å². The van der Waals surface area contributed by atoms with Gasteiger partial charge in [0.05, 0.1) is 0 Å². The second kappa shape index (κ2) is 5.14. The Kier molecular flexibility index (Phi) is 4.07. The zero-order valence-electron chi connectivity index (χ0n) is 8.78. The van der Waals surface area contributed by atoms with E-state index in [9.17, 15) is 8.78 Å². The first-order valence-corrected chi connectivity index (χ1v) is 4.91. The van der Waals surface area contributed by atoms with Crippen LogP contribution in [-0.4, -0.2) is 11.6 Å². The standard InChI is InChI=1S/C10H7ClF2O.CH2O2/c1-10(12,13)9-5-6-4-7(11)2-3-8(6)14-9;2-1-3/h2-5H,1H3;1H,(H,2,3). The first kappa shape index (κ1) is 13.4. The molecule has 2 aromatic rings. The maximum Gasteiger partial charge on any atom is 0.301 e. The van der Waals surface area contributed by atoms with Gasteiger partial charge in [0.15, 0.2) is 5.76 Å². The van der Waals surface area contributed by atoms with Crippen molar-refractivity contribution in [3.05, 3.63) is 35.0 Å². The van der Waals surface area contributed by atoms with E-state index in [2.05, 4.69) is 0 Å². The van der Waals surface area contributed by atoms with Crippen molar-refractivity contribution in [2.24, 2.45) is 0 Å². The lowest BCUT2D eigenvalue weighted by atomic mass is 10.2. The molecule has 0 aliphatic heterocycles. The van der Waals surface area contributed by atoms with Crippen molar-refractivity contribution in [2.75, 3.05) is 0 Å². The van der Waals surface area contributed by atoms with E-state index in [-0.39, 0.29) is 12.2 Å². The van der Waals surface area contributed by atoms with Gasteiger partial charge in [0, 0.05) is 17.3 Å². The summed E-state index contributed by atoms with van der Waals surface area (Å²) in [5.74, 6) is -3.29. The molecule has 3 nitrogen and oxygen atoms in total. The molecule has 2 rings (SSSR count). The monoisotopic (exact) mass is 262 g/mol. The predicted octanol–water partition coefficient (Wildman–Crippen LogP) is 3.90. The Hall–Kier alpha value is -1.62. The summed E-state index contributed by atoms with van der Waals surface area (Å²) in [6, 6.07) is 6.08. The van der Waals surface area contributed by atoms with Gasteiger partial charge in [-0.25, -0.2) is 0 Å². The van der Waals surface area contributed by atoms with E-state index in [1.165, 1.54) is 6.07 Å². The number of benzene rings is 1. The number of rotatable bonds is 1. The molecule has 0 saturated carbocycles. The van der Waals surface area contributed by atoms with Crippen molar-refractivity contribution >= 4 is 29.0 Å². The third-order valence-corrected chi connectivity index (χ3v) is 2.15. The molecule has 1 heterocycles. The van der Waals surface area contributed by atoms with Gasteiger partial charge in [-0.15, -0.1) is 0 Å². The first-order chi connectivity index (χ1) is 7.88. The Morgan fingerprint density at radius 1 is 1.41 bits per heavy atom. The zero-order chi connectivity index (χ0) is 13.1. The van der Waals surface area contributed by atoms with Gasteiger partial charge in [-0.2, -0.15) is 8.78 Å². The maximum atomic E-state index is 12.9. The largest absolute Gasteiger partial charge is 0.483 e. The minimum absolute atomic E-state index is 0.250. The molecule has 92 valence electrons. The van der Waals surface area contributed by atoms with Crippen LogP contribution in [0.4, 0.5) is 8.78 Å². The fourth-order valence-corrected chi connectivity index (χ4v) is 1.41. The average Bonchev–Trinajstić information content (AvgIpc) is 2.61. The number of carbonyl (C=O) groups is 1. The van der Waals surface area contributed by atoms with Gasteiger partial charge in [-0.1, -0.05) is 11.6 Å². The second-order valence-corrected chi connectivity index (χ2v) is 3.72. The Morgan fingerprint density at radius 3 is 2.53 bits per heavy atom. The summed E-state index contributed by atoms with van der Waals surface area (Å²) in [7, 11) is 0. The molecule has 0 radical (unpaired) electrons. The highest BCUT2D eigenvalue weighted by Gasteiger charge is 2.28. The van der Waals surface area contributed by atoms with Crippen molar-refractivity contribution in [1.82, 2.24) is 0 Å². The Balaban J connectivity index is 0.000000437. The highest BCUT2D eigenvalue weighted by Crippen LogP contribution is 2.32. The van der Waals surface area contributed by atoms with E-state index in [0.29, 0.717) is 16.0 Å². The number of hydrogen-bond donors (Lipinski definition) is 1. The molecule has 17 heavy (non-hydrogen) atoms. The molecule has 1 aromatic carbocycles. The molecule has 0 aliphatic carbocycles. The van der Waals surface area contributed by atoms with Gasteiger partial charge in [0.2, 0.25) is 0 Å².